The summed E-state index contributed by atoms with van der Waals surface area (Å²) in [5.41, 5.74) is 4.92. The van der Waals surface area contributed by atoms with E-state index in [1.807, 2.05) is 18.2 Å². The first-order valence-corrected chi connectivity index (χ1v) is 16.5. The predicted molar refractivity (Wildman–Crippen MR) is 181 cm³/mol. The molecule has 1 heterocycles. The van der Waals surface area contributed by atoms with Crippen LogP contribution in [0, 0.1) is 0 Å². The van der Waals surface area contributed by atoms with Gasteiger partial charge in [0.05, 0.1) is 13.2 Å². The molecule has 0 radical (unpaired) electrons. The summed E-state index contributed by atoms with van der Waals surface area (Å²) < 4.78 is 18.6. The summed E-state index contributed by atoms with van der Waals surface area (Å²) in [5, 5.41) is 0. The van der Waals surface area contributed by atoms with E-state index in [2.05, 4.69) is 104 Å². The van der Waals surface area contributed by atoms with E-state index in [1.165, 1.54) is 68.2 Å². The zero-order valence-corrected chi connectivity index (χ0v) is 26.6. The topological polar surface area (TPSA) is 30.9 Å². The molecule has 0 spiro atoms. The number of hydrogen-bond acceptors (Lipinski definition) is 4. The summed E-state index contributed by atoms with van der Waals surface area (Å²) in [6.07, 6.45) is 10.4. The first-order valence-electron chi connectivity index (χ1n) is 16.5. The number of rotatable bonds is 17. The minimum Gasteiger partial charge on any atom is -0.494 e. The molecule has 0 aromatic heterocycles. The normalized spacial score (nSPS) is 15.9. The highest BCUT2D eigenvalue weighted by atomic mass is 16.5. The molecule has 1 aliphatic heterocycles. The van der Waals surface area contributed by atoms with Gasteiger partial charge in [-0.2, -0.15) is 0 Å². The largest absolute Gasteiger partial charge is 0.494 e. The van der Waals surface area contributed by atoms with Gasteiger partial charge in [0.25, 0.3) is 0 Å². The Morgan fingerprint density at radius 3 is 1.98 bits per heavy atom. The Labute approximate surface area is 265 Å². The lowest BCUT2D eigenvalue weighted by Crippen LogP contribution is -2.25. The number of unbranched alkanes of at least 4 members (excludes halogenated alkanes) is 7. The maximum atomic E-state index is 6.38. The molecule has 0 bridgehead atoms. The van der Waals surface area contributed by atoms with Gasteiger partial charge in [-0.1, -0.05) is 117 Å². The van der Waals surface area contributed by atoms with Crippen molar-refractivity contribution in [2.45, 2.75) is 69.8 Å². The van der Waals surface area contributed by atoms with Crippen LogP contribution in [0.2, 0.25) is 0 Å². The van der Waals surface area contributed by atoms with E-state index in [0.29, 0.717) is 13.2 Å². The molecule has 0 saturated carbocycles. The van der Waals surface area contributed by atoms with Gasteiger partial charge in [-0.05, 0) is 68.4 Å². The maximum Gasteiger partial charge on any atom is 0.126 e. The van der Waals surface area contributed by atoms with E-state index in [-0.39, 0.29) is 11.8 Å². The fourth-order valence-electron chi connectivity index (χ4n) is 6.17. The van der Waals surface area contributed by atoms with Crippen LogP contribution in [0.15, 0.2) is 103 Å². The molecule has 0 saturated heterocycles. The van der Waals surface area contributed by atoms with Crippen molar-refractivity contribution >= 4 is 0 Å². The van der Waals surface area contributed by atoms with Crippen LogP contribution in [0.4, 0.5) is 0 Å². The SMILES string of the molecule is CN(C)CCCCCCCCCCOc1ccc(C2c3ccc(OCc4ccccc4)cc3OCC2c2ccccc2)cc1. The van der Waals surface area contributed by atoms with E-state index in [1.54, 1.807) is 0 Å². The minimum absolute atomic E-state index is 0.182. The Balaban J connectivity index is 1.16. The van der Waals surface area contributed by atoms with Gasteiger partial charge in [0.1, 0.15) is 23.9 Å². The molecule has 1 aliphatic rings. The highest BCUT2D eigenvalue weighted by Gasteiger charge is 2.33. The summed E-state index contributed by atoms with van der Waals surface area (Å²) in [7, 11) is 4.31. The molecular formula is C40H49NO3. The van der Waals surface area contributed by atoms with Crippen molar-refractivity contribution < 1.29 is 14.2 Å². The van der Waals surface area contributed by atoms with E-state index in [9.17, 15) is 0 Å². The van der Waals surface area contributed by atoms with E-state index >= 15 is 0 Å². The fourth-order valence-corrected chi connectivity index (χ4v) is 6.17. The van der Waals surface area contributed by atoms with Crippen LogP contribution in [-0.4, -0.2) is 38.8 Å². The molecule has 2 unspecified atom stereocenters. The fraction of sp³-hybridized carbons (Fsp3) is 0.400. The average molecular weight is 592 g/mol. The van der Waals surface area contributed by atoms with Gasteiger partial charge in [-0.25, -0.2) is 0 Å². The molecule has 4 aromatic carbocycles. The number of ether oxygens (including phenoxy) is 3. The van der Waals surface area contributed by atoms with Gasteiger partial charge < -0.3 is 19.1 Å². The van der Waals surface area contributed by atoms with E-state index in [0.717, 1.165) is 35.8 Å². The summed E-state index contributed by atoms with van der Waals surface area (Å²) in [6, 6.07) is 36.1. The molecule has 232 valence electrons. The van der Waals surface area contributed by atoms with Crippen molar-refractivity contribution in [3.05, 3.63) is 125 Å². The molecule has 0 amide bonds. The molecule has 4 heteroatoms. The second-order valence-electron chi connectivity index (χ2n) is 12.3. The average Bonchev–Trinajstić information content (AvgIpc) is 3.06. The number of fused-ring (bicyclic) bond motifs is 1. The Morgan fingerprint density at radius 2 is 1.27 bits per heavy atom. The second kappa shape index (κ2) is 16.9. The molecule has 5 rings (SSSR count). The van der Waals surface area contributed by atoms with Gasteiger partial charge >= 0.3 is 0 Å². The molecule has 4 aromatic rings. The van der Waals surface area contributed by atoms with Crippen molar-refractivity contribution in [3.8, 4) is 17.2 Å². The van der Waals surface area contributed by atoms with Crippen LogP contribution in [0.3, 0.4) is 0 Å². The summed E-state index contributed by atoms with van der Waals surface area (Å²) in [4.78, 5) is 2.28. The van der Waals surface area contributed by atoms with Crippen molar-refractivity contribution in [1.82, 2.24) is 4.90 Å². The van der Waals surface area contributed by atoms with Crippen LogP contribution < -0.4 is 14.2 Å². The quantitative estimate of drug-likeness (QED) is 0.114. The number of hydrogen-bond donors (Lipinski definition) is 0. The van der Waals surface area contributed by atoms with Crippen LogP contribution >= 0.6 is 0 Å². The minimum atomic E-state index is 0.182. The summed E-state index contributed by atoms with van der Waals surface area (Å²) in [5.74, 6) is 3.08. The molecule has 0 N–H and O–H groups in total. The molecule has 2 atom stereocenters. The lowest BCUT2D eigenvalue weighted by Gasteiger charge is -2.34. The summed E-state index contributed by atoms with van der Waals surface area (Å²) >= 11 is 0. The molecule has 4 nitrogen and oxygen atoms in total. The third-order valence-corrected chi connectivity index (χ3v) is 8.62. The lowest BCUT2D eigenvalue weighted by molar-refractivity contribution is 0.245. The summed E-state index contributed by atoms with van der Waals surface area (Å²) in [6.45, 7) is 3.15. The van der Waals surface area contributed by atoms with Crippen LogP contribution in [0.25, 0.3) is 0 Å². The van der Waals surface area contributed by atoms with Crippen molar-refractivity contribution in [3.63, 3.8) is 0 Å². The smallest absolute Gasteiger partial charge is 0.126 e. The zero-order chi connectivity index (χ0) is 30.4. The Bertz CT molecular complexity index is 1370. The Morgan fingerprint density at radius 1 is 0.636 bits per heavy atom. The van der Waals surface area contributed by atoms with E-state index < -0.39 is 0 Å². The molecule has 44 heavy (non-hydrogen) atoms. The predicted octanol–water partition coefficient (Wildman–Crippen LogP) is 9.63. The van der Waals surface area contributed by atoms with Gasteiger partial charge in [0, 0.05) is 23.5 Å². The Kier molecular flexibility index (Phi) is 12.2. The Hall–Kier alpha value is -3.76. The third-order valence-electron chi connectivity index (χ3n) is 8.62. The monoisotopic (exact) mass is 591 g/mol. The van der Waals surface area contributed by atoms with Gasteiger partial charge in [-0.15, -0.1) is 0 Å². The first kappa shape index (κ1) is 31.7. The lowest BCUT2D eigenvalue weighted by atomic mass is 9.76. The number of nitrogens with zero attached hydrogens (tertiary/aromatic N) is 1. The standard InChI is InChI=1S/C40H49NO3/c1-41(2)27-15-7-5-3-4-6-8-16-28-42-35-23-21-34(22-24-35)40-37-26-25-36(43-30-32-17-11-9-12-18-32)29-39(37)44-31-38(40)33-19-13-10-14-20-33/h9-14,17-26,29,38,40H,3-8,15-16,27-28,30-31H2,1-2H3. The molecule has 0 fully saturated rings. The zero-order valence-electron chi connectivity index (χ0n) is 26.6. The van der Waals surface area contributed by atoms with Crippen molar-refractivity contribution in [2.75, 3.05) is 33.9 Å². The number of benzene rings is 4. The highest BCUT2D eigenvalue weighted by molar-refractivity contribution is 5.51. The van der Waals surface area contributed by atoms with Crippen LogP contribution in [0.5, 0.6) is 17.2 Å². The van der Waals surface area contributed by atoms with Gasteiger partial charge in [0.2, 0.25) is 0 Å². The van der Waals surface area contributed by atoms with Crippen molar-refractivity contribution in [1.29, 1.82) is 0 Å². The van der Waals surface area contributed by atoms with Crippen LogP contribution in [-0.2, 0) is 6.61 Å². The van der Waals surface area contributed by atoms with Crippen molar-refractivity contribution in [2.24, 2.45) is 0 Å². The third kappa shape index (κ3) is 9.37. The molecular weight excluding hydrogens is 542 g/mol. The van der Waals surface area contributed by atoms with E-state index in [4.69, 9.17) is 14.2 Å². The second-order valence-corrected chi connectivity index (χ2v) is 12.3. The molecule has 0 aliphatic carbocycles. The van der Waals surface area contributed by atoms with Gasteiger partial charge in [0.15, 0.2) is 0 Å². The maximum absolute atomic E-state index is 6.38. The van der Waals surface area contributed by atoms with Gasteiger partial charge in [-0.3, -0.25) is 0 Å². The van der Waals surface area contributed by atoms with Crippen LogP contribution in [0.1, 0.15) is 85.5 Å². The first-order chi connectivity index (χ1) is 21.7. The highest BCUT2D eigenvalue weighted by Crippen LogP contribution is 2.47.